The Kier molecular flexibility index (Phi) is 5.53. The van der Waals surface area contributed by atoms with Crippen molar-refractivity contribution >= 4 is 12.1 Å². The number of aldehydes is 1. The van der Waals surface area contributed by atoms with Gasteiger partial charge in [-0.3, -0.25) is 4.79 Å². The molecular weight excluding hydrogens is 362 g/mol. The molecule has 1 atom stereocenters. The predicted molar refractivity (Wildman–Crippen MR) is 80.6 cm³/mol. The smallest absolute Gasteiger partial charge is 0.303 e. The summed E-state index contributed by atoms with van der Waals surface area (Å²) in [7, 11) is 0. The molecule has 0 N–H and O–H groups in total. The van der Waals surface area contributed by atoms with Crippen LogP contribution in [0.1, 0.15) is 39.4 Å². The minimum Gasteiger partial charge on any atom is -0.303 e. The van der Waals surface area contributed by atoms with Crippen LogP contribution in [0.25, 0.3) is 0 Å². The third-order valence-electron chi connectivity index (χ3n) is 3.72. The van der Waals surface area contributed by atoms with Crippen LogP contribution in [0.2, 0.25) is 0 Å². The molecule has 0 aromatic heterocycles. The summed E-state index contributed by atoms with van der Waals surface area (Å²) in [6, 6.07) is 7.58. The maximum Gasteiger partial charge on any atom is 0.416 e. The number of rotatable bonds is 5. The van der Waals surface area contributed by atoms with Gasteiger partial charge in [0.2, 0.25) is 0 Å². The van der Waals surface area contributed by atoms with Gasteiger partial charge in [-0.1, -0.05) is 30.3 Å². The molecule has 2 rings (SSSR count). The molecule has 138 valence electrons. The number of alkyl halides is 6. The molecule has 0 saturated carbocycles. The second-order valence-electron chi connectivity index (χ2n) is 5.57. The lowest BCUT2D eigenvalue weighted by molar-refractivity contribution is -0.138. The van der Waals surface area contributed by atoms with Crippen LogP contribution in [0.3, 0.4) is 0 Å². The summed E-state index contributed by atoms with van der Waals surface area (Å²) in [5.74, 6) is -1.97. The highest BCUT2D eigenvalue weighted by atomic mass is 19.4. The Morgan fingerprint density at radius 1 is 0.885 bits per heavy atom. The number of benzene rings is 2. The molecule has 2 aromatic rings. The first-order valence-electron chi connectivity index (χ1n) is 7.35. The summed E-state index contributed by atoms with van der Waals surface area (Å²) in [4.78, 5) is 23.4. The number of carbonyl (C=O) groups excluding carboxylic acids is 2. The standard InChI is InChI=1S/C18H12F6O2/c19-17(20,21)14-5-1-3-11(7-14)13(10-25)9-16(26)12-4-2-6-15(8-12)18(22,23)24/h1-8,10,13H,9H2. The molecule has 0 aliphatic rings. The Balaban J connectivity index is 2.26. The van der Waals surface area contributed by atoms with Crippen molar-refractivity contribution in [2.45, 2.75) is 24.7 Å². The molecule has 0 spiro atoms. The Morgan fingerprint density at radius 3 is 1.96 bits per heavy atom. The first-order chi connectivity index (χ1) is 12.0. The number of hydrogen-bond donors (Lipinski definition) is 0. The van der Waals surface area contributed by atoms with Gasteiger partial charge in [-0.25, -0.2) is 0 Å². The number of hydrogen-bond acceptors (Lipinski definition) is 2. The summed E-state index contributed by atoms with van der Waals surface area (Å²) < 4.78 is 76.4. The molecule has 0 amide bonds. The van der Waals surface area contributed by atoms with Crippen LogP contribution in [0.5, 0.6) is 0 Å². The van der Waals surface area contributed by atoms with Gasteiger partial charge in [-0.05, 0) is 23.8 Å². The molecule has 0 aliphatic heterocycles. The van der Waals surface area contributed by atoms with Gasteiger partial charge in [0.15, 0.2) is 5.78 Å². The molecular formula is C18H12F6O2. The first-order valence-corrected chi connectivity index (χ1v) is 7.35. The molecule has 0 aliphatic carbocycles. The van der Waals surface area contributed by atoms with Crippen molar-refractivity contribution in [2.24, 2.45) is 0 Å². The van der Waals surface area contributed by atoms with E-state index in [0.29, 0.717) is 12.4 Å². The van der Waals surface area contributed by atoms with E-state index in [0.717, 1.165) is 36.4 Å². The molecule has 1 unspecified atom stereocenters. The quantitative estimate of drug-likeness (QED) is 0.405. The fraction of sp³-hybridized carbons (Fsp3) is 0.222. The Bertz CT molecular complexity index is 808. The normalized spacial score (nSPS) is 13.3. The fourth-order valence-electron chi connectivity index (χ4n) is 2.38. The SMILES string of the molecule is O=CC(CC(=O)c1cccc(C(F)(F)F)c1)c1cccc(C(F)(F)F)c1. The Hall–Kier alpha value is -2.64. The van der Waals surface area contributed by atoms with Gasteiger partial charge in [0.1, 0.15) is 6.29 Å². The topological polar surface area (TPSA) is 34.1 Å². The molecule has 0 fully saturated rings. The molecule has 8 heteroatoms. The Labute approximate surface area is 144 Å². The second-order valence-corrected chi connectivity index (χ2v) is 5.57. The maximum atomic E-state index is 12.8. The molecule has 0 radical (unpaired) electrons. The second kappa shape index (κ2) is 7.31. The van der Waals surface area contributed by atoms with Crippen LogP contribution in [-0.2, 0) is 17.1 Å². The monoisotopic (exact) mass is 374 g/mol. The molecule has 26 heavy (non-hydrogen) atoms. The highest BCUT2D eigenvalue weighted by Gasteiger charge is 2.32. The van der Waals surface area contributed by atoms with E-state index in [-0.39, 0.29) is 11.1 Å². The van der Waals surface area contributed by atoms with E-state index in [1.165, 1.54) is 6.07 Å². The number of Topliss-reactive ketones (excluding diaryl/α,β-unsaturated/α-hetero) is 1. The van der Waals surface area contributed by atoms with E-state index in [1.54, 1.807) is 0 Å². The van der Waals surface area contributed by atoms with Crippen molar-refractivity contribution in [3.8, 4) is 0 Å². The third kappa shape index (κ3) is 4.71. The summed E-state index contributed by atoms with van der Waals surface area (Å²) in [5.41, 5.74) is -2.30. The van der Waals surface area contributed by atoms with E-state index >= 15 is 0 Å². The van der Waals surface area contributed by atoms with E-state index in [9.17, 15) is 35.9 Å². The highest BCUT2D eigenvalue weighted by molar-refractivity contribution is 5.98. The lowest BCUT2D eigenvalue weighted by Gasteiger charge is -2.14. The van der Waals surface area contributed by atoms with Crippen LogP contribution in [0.15, 0.2) is 48.5 Å². The van der Waals surface area contributed by atoms with E-state index in [1.807, 2.05) is 0 Å². The summed E-state index contributed by atoms with van der Waals surface area (Å²) in [6.45, 7) is 0. The summed E-state index contributed by atoms with van der Waals surface area (Å²) in [5, 5.41) is 0. The molecule has 0 saturated heterocycles. The minimum absolute atomic E-state index is 0.0323. The number of halogens is 6. The predicted octanol–water partition coefficient (Wildman–Crippen LogP) is 5.28. The van der Waals surface area contributed by atoms with Gasteiger partial charge in [0.05, 0.1) is 11.1 Å². The van der Waals surface area contributed by atoms with Gasteiger partial charge >= 0.3 is 12.4 Å². The van der Waals surface area contributed by atoms with Gasteiger partial charge in [0.25, 0.3) is 0 Å². The molecule has 0 heterocycles. The highest BCUT2D eigenvalue weighted by Crippen LogP contribution is 2.32. The van der Waals surface area contributed by atoms with Gasteiger partial charge < -0.3 is 4.79 Å². The molecule has 0 bridgehead atoms. The van der Waals surface area contributed by atoms with Gasteiger partial charge in [-0.2, -0.15) is 26.3 Å². The summed E-state index contributed by atoms with van der Waals surface area (Å²) >= 11 is 0. The van der Waals surface area contributed by atoms with E-state index in [4.69, 9.17) is 0 Å². The van der Waals surface area contributed by atoms with Crippen molar-refractivity contribution in [3.05, 3.63) is 70.8 Å². The fourth-order valence-corrected chi connectivity index (χ4v) is 2.38. The maximum absolute atomic E-state index is 12.8. The third-order valence-corrected chi connectivity index (χ3v) is 3.72. The van der Waals surface area contributed by atoms with Crippen LogP contribution in [0.4, 0.5) is 26.3 Å². The van der Waals surface area contributed by atoms with Crippen LogP contribution < -0.4 is 0 Å². The van der Waals surface area contributed by atoms with Crippen LogP contribution >= 0.6 is 0 Å². The largest absolute Gasteiger partial charge is 0.416 e. The zero-order chi connectivity index (χ0) is 19.5. The van der Waals surface area contributed by atoms with Crippen molar-refractivity contribution in [1.29, 1.82) is 0 Å². The summed E-state index contributed by atoms with van der Waals surface area (Å²) in [6.07, 6.45) is -9.48. The van der Waals surface area contributed by atoms with Crippen LogP contribution in [0, 0.1) is 0 Å². The van der Waals surface area contributed by atoms with Crippen molar-refractivity contribution in [2.75, 3.05) is 0 Å². The van der Waals surface area contributed by atoms with Crippen molar-refractivity contribution in [1.82, 2.24) is 0 Å². The lowest BCUT2D eigenvalue weighted by atomic mass is 9.91. The first kappa shape index (κ1) is 19.7. The average molecular weight is 374 g/mol. The number of carbonyl (C=O) groups is 2. The average Bonchev–Trinajstić information content (AvgIpc) is 2.58. The number of ketones is 1. The van der Waals surface area contributed by atoms with E-state index in [2.05, 4.69) is 0 Å². The van der Waals surface area contributed by atoms with Crippen LogP contribution in [-0.4, -0.2) is 12.1 Å². The minimum atomic E-state index is -4.64. The van der Waals surface area contributed by atoms with Crippen molar-refractivity contribution < 1.29 is 35.9 Å². The van der Waals surface area contributed by atoms with Crippen molar-refractivity contribution in [3.63, 3.8) is 0 Å². The van der Waals surface area contributed by atoms with Gasteiger partial charge in [-0.15, -0.1) is 0 Å². The molecule has 2 aromatic carbocycles. The zero-order valence-electron chi connectivity index (χ0n) is 13.1. The lowest BCUT2D eigenvalue weighted by Crippen LogP contribution is -2.12. The molecule has 2 nitrogen and oxygen atoms in total. The van der Waals surface area contributed by atoms with Gasteiger partial charge in [0, 0.05) is 17.9 Å². The van der Waals surface area contributed by atoms with E-state index < -0.39 is 41.6 Å². The zero-order valence-corrected chi connectivity index (χ0v) is 13.1. The Morgan fingerprint density at radius 2 is 1.42 bits per heavy atom.